The number of benzene rings is 1. The Morgan fingerprint density at radius 1 is 1.31 bits per heavy atom. The van der Waals surface area contributed by atoms with Crippen LogP contribution in [0, 0.1) is 3.57 Å². The predicted octanol–water partition coefficient (Wildman–Crippen LogP) is 3.52. The summed E-state index contributed by atoms with van der Waals surface area (Å²) in [6, 6.07) is 7.80. The van der Waals surface area contributed by atoms with Gasteiger partial charge in [-0.1, -0.05) is 0 Å². The molecule has 0 saturated carbocycles. The minimum Gasteiger partial charge on any atom is -0.492 e. The molecule has 1 unspecified atom stereocenters. The Morgan fingerprint density at radius 2 is 1.92 bits per heavy atom. The summed E-state index contributed by atoms with van der Waals surface area (Å²) in [5, 5.41) is -0.124. The second-order valence-corrected chi connectivity index (χ2v) is 4.69. The van der Waals surface area contributed by atoms with Gasteiger partial charge >= 0.3 is 0 Å². The highest BCUT2D eigenvalue weighted by atomic mass is 127. The van der Waals surface area contributed by atoms with Gasteiger partial charge in [-0.15, -0.1) is 23.2 Å². The summed E-state index contributed by atoms with van der Waals surface area (Å²) in [6.07, 6.45) is 0. The van der Waals surface area contributed by atoms with Crippen LogP contribution in [-0.2, 0) is 0 Å². The Balaban J connectivity index is 2.41. The van der Waals surface area contributed by atoms with Crippen LogP contribution in [0.2, 0.25) is 0 Å². The molecule has 4 heteroatoms. The Kier molecular flexibility index (Phi) is 5.21. The van der Waals surface area contributed by atoms with Crippen molar-refractivity contribution < 1.29 is 4.74 Å². The van der Waals surface area contributed by atoms with Crippen molar-refractivity contribution in [1.29, 1.82) is 0 Å². The first kappa shape index (κ1) is 11.4. The highest BCUT2D eigenvalue weighted by Gasteiger charge is 2.02. The lowest BCUT2D eigenvalue weighted by Gasteiger charge is -2.08. The van der Waals surface area contributed by atoms with Gasteiger partial charge in [-0.3, -0.25) is 0 Å². The molecule has 0 heterocycles. The molecule has 0 bridgehead atoms. The maximum absolute atomic E-state index is 5.79. The first-order valence-corrected chi connectivity index (χ1v) is 5.85. The number of halogens is 3. The Hall–Kier alpha value is 0.330. The van der Waals surface area contributed by atoms with E-state index in [1.807, 2.05) is 24.3 Å². The second-order valence-electron chi connectivity index (χ2n) is 2.52. The van der Waals surface area contributed by atoms with Crippen molar-refractivity contribution >= 4 is 45.8 Å². The van der Waals surface area contributed by atoms with Gasteiger partial charge in [0.05, 0.1) is 5.38 Å². The molecule has 0 aromatic heterocycles. The van der Waals surface area contributed by atoms with Crippen LogP contribution in [0.15, 0.2) is 24.3 Å². The number of hydrogen-bond donors (Lipinski definition) is 0. The van der Waals surface area contributed by atoms with Crippen molar-refractivity contribution in [2.45, 2.75) is 5.38 Å². The summed E-state index contributed by atoms with van der Waals surface area (Å²) in [5.41, 5.74) is 0. The van der Waals surface area contributed by atoms with Gasteiger partial charge in [0, 0.05) is 9.45 Å². The monoisotopic (exact) mass is 330 g/mol. The van der Waals surface area contributed by atoms with Gasteiger partial charge in [0.2, 0.25) is 0 Å². The molecule has 1 rings (SSSR count). The smallest absolute Gasteiger partial charge is 0.119 e. The molecule has 0 radical (unpaired) electrons. The Bertz CT molecular complexity index is 250. The van der Waals surface area contributed by atoms with Crippen molar-refractivity contribution in [2.75, 3.05) is 12.5 Å². The molecule has 13 heavy (non-hydrogen) atoms. The van der Waals surface area contributed by atoms with E-state index in [-0.39, 0.29) is 5.38 Å². The molecule has 1 aromatic rings. The normalized spacial score (nSPS) is 12.5. The number of hydrogen-bond acceptors (Lipinski definition) is 1. The number of ether oxygens (including phenoxy) is 1. The second kappa shape index (κ2) is 5.94. The van der Waals surface area contributed by atoms with E-state index >= 15 is 0 Å². The summed E-state index contributed by atoms with van der Waals surface area (Å²) in [6.45, 7) is 0.450. The zero-order chi connectivity index (χ0) is 9.68. The van der Waals surface area contributed by atoms with Gasteiger partial charge in [-0.2, -0.15) is 0 Å². The van der Waals surface area contributed by atoms with E-state index in [1.165, 1.54) is 3.57 Å². The summed E-state index contributed by atoms with van der Waals surface area (Å²) >= 11 is 13.6. The Morgan fingerprint density at radius 3 is 2.46 bits per heavy atom. The first-order chi connectivity index (χ1) is 6.22. The van der Waals surface area contributed by atoms with Gasteiger partial charge in [0.1, 0.15) is 12.4 Å². The molecule has 0 N–H and O–H groups in total. The van der Waals surface area contributed by atoms with Crippen molar-refractivity contribution in [3.8, 4) is 5.75 Å². The van der Waals surface area contributed by atoms with Crippen LogP contribution in [0.1, 0.15) is 0 Å². The predicted molar refractivity (Wildman–Crippen MR) is 65.0 cm³/mol. The van der Waals surface area contributed by atoms with E-state index in [4.69, 9.17) is 27.9 Å². The van der Waals surface area contributed by atoms with E-state index in [0.717, 1.165) is 5.75 Å². The summed E-state index contributed by atoms with van der Waals surface area (Å²) < 4.78 is 6.58. The van der Waals surface area contributed by atoms with Gasteiger partial charge < -0.3 is 4.74 Å². The van der Waals surface area contributed by atoms with Crippen molar-refractivity contribution in [2.24, 2.45) is 0 Å². The van der Waals surface area contributed by atoms with Crippen LogP contribution in [0.3, 0.4) is 0 Å². The van der Waals surface area contributed by atoms with Crippen LogP contribution >= 0.6 is 45.8 Å². The third-order valence-electron chi connectivity index (χ3n) is 1.41. The van der Waals surface area contributed by atoms with Crippen molar-refractivity contribution in [1.82, 2.24) is 0 Å². The van der Waals surface area contributed by atoms with Gasteiger partial charge in [0.25, 0.3) is 0 Å². The van der Waals surface area contributed by atoms with Crippen LogP contribution in [0.4, 0.5) is 0 Å². The molecule has 1 nitrogen and oxygen atoms in total. The lowest BCUT2D eigenvalue weighted by molar-refractivity contribution is 0.321. The fourth-order valence-electron chi connectivity index (χ4n) is 0.762. The third kappa shape index (κ3) is 4.38. The molecule has 1 aromatic carbocycles. The van der Waals surface area contributed by atoms with Crippen LogP contribution in [-0.4, -0.2) is 17.9 Å². The lowest BCUT2D eigenvalue weighted by Crippen LogP contribution is -2.12. The molecule has 0 spiro atoms. The minimum absolute atomic E-state index is 0.124. The summed E-state index contributed by atoms with van der Waals surface area (Å²) in [5.74, 6) is 1.24. The maximum Gasteiger partial charge on any atom is 0.119 e. The highest BCUT2D eigenvalue weighted by molar-refractivity contribution is 14.1. The lowest BCUT2D eigenvalue weighted by atomic mass is 10.3. The van der Waals surface area contributed by atoms with Gasteiger partial charge in [-0.25, -0.2) is 0 Å². The van der Waals surface area contributed by atoms with E-state index in [1.54, 1.807) is 0 Å². The molecule has 0 amide bonds. The zero-order valence-electron chi connectivity index (χ0n) is 6.84. The zero-order valence-corrected chi connectivity index (χ0v) is 10.5. The SMILES string of the molecule is ClCC(Cl)COc1ccc(I)cc1. The van der Waals surface area contributed by atoms with Crippen molar-refractivity contribution in [3.63, 3.8) is 0 Å². The minimum atomic E-state index is -0.124. The van der Waals surface area contributed by atoms with Crippen LogP contribution in [0.25, 0.3) is 0 Å². The fourth-order valence-corrected chi connectivity index (χ4v) is 1.27. The topological polar surface area (TPSA) is 9.23 Å². The standard InChI is InChI=1S/C9H9Cl2IO/c10-5-7(11)6-13-9-3-1-8(12)2-4-9/h1-4,7H,5-6H2. The number of alkyl halides is 2. The summed E-state index contributed by atoms with van der Waals surface area (Å²) in [4.78, 5) is 0. The molecule has 72 valence electrons. The van der Waals surface area contributed by atoms with Crippen molar-refractivity contribution in [3.05, 3.63) is 27.8 Å². The summed E-state index contributed by atoms with van der Waals surface area (Å²) in [7, 11) is 0. The molecule has 1 atom stereocenters. The highest BCUT2D eigenvalue weighted by Crippen LogP contribution is 2.14. The average molecular weight is 331 g/mol. The van der Waals surface area contributed by atoms with Crippen LogP contribution in [0.5, 0.6) is 5.75 Å². The molecule has 0 aliphatic rings. The first-order valence-electron chi connectivity index (χ1n) is 3.81. The molecule has 0 fully saturated rings. The average Bonchev–Trinajstić information content (AvgIpc) is 2.16. The molecular weight excluding hydrogens is 322 g/mol. The molecule has 0 aliphatic heterocycles. The van der Waals surface area contributed by atoms with E-state index in [9.17, 15) is 0 Å². The Labute approximate surface area is 102 Å². The van der Waals surface area contributed by atoms with Gasteiger partial charge in [0.15, 0.2) is 0 Å². The van der Waals surface area contributed by atoms with E-state index in [2.05, 4.69) is 22.6 Å². The van der Waals surface area contributed by atoms with Gasteiger partial charge in [-0.05, 0) is 46.9 Å². The van der Waals surface area contributed by atoms with E-state index in [0.29, 0.717) is 12.5 Å². The van der Waals surface area contributed by atoms with E-state index < -0.39 is 0 Å². The molecule has 0 aliphatic carbocycles. The quantitative estimate of drug-likeness (QED) is 0.606. The fraction of sp³-hybridized carbons (Fsp3) is 0.333. The molecule has 0 saturated heterocycles. The third-order valence-corrected chi connectivity index (χ3v) is 2.94. The number of rotatable bonds is 4. The molecular formula is C9H9Cl2IO. The maximum atomic E-state index is 5.79. The largest absolute Gasteiger partial charge is 0.492 e. The van der Waals surface area contributed by atoms with Crippen LogP contribution < -0.4 is 4.74 Å².